The molecule has 0 aliphatic rings. The van der Waals surface area contributed by atoms with Crippen molar-refractivity contribution in [1.29, 1.82) is 0 Å². The van der Waals surface area contributed by atoms with Crippen molar-refractivity contribution in [1.82, 2.24) is 5.43 Å². The zero-order valence-corrected chi connectivity index (χ0v) is 10.2. The minimum atomic E-state index is 0.166. The number of hydrazone groups is 1. The van der Waals surface area contributed by atoms with Crippen LogP contribution in [-0.2, 0) is 0 Å². The summed E-state index contributed by atoms with van der Waals surface area (Å²) < 4.78 is 0. The highest BCUT2D eigenvalue weighted by Crippen LogP contribution is 2.07. The molecule has 1 rings (SSSR count). The minimum absolute atomic E-state index is 0.166. The normalized spacial score (nSPS) is 11.8. The number of nitrogens with two attached hydrogens (primary N) is 1. The monoisotopic (exact) mass is 233 g/mol. The second-order valence-corrected chi connectivity index (χ2v) is 3.97. The Morgan fingerprint density at radius 1 is 1.38 bits per heavy atom. The van der Waals surface area contributed by atoms with Crippen molar-refractivity contribution in [2.75, 3.05) is 0 Å². The van der Waals surface area contributed by atoms with Crippen molar-refractivity contribution in [3.63, 3.8) is 0 Å². The summed E-state index contributed by atoms with van der Waals surface area (Å²) in [6.45, 7) is 4.03. The Kier molecular flexibility index (Phi) is 4.66. The molecule has 0 aliphatic heterocycles. The maximum absolute atomic E-state index is 5.23. The molecule has 0 bridgehead atoms. The number of allylic oxidation sites excluding steroid dienone is 1. The largest absolute Gasteiger partial charge is 0.375 e. The number of benzene rings is 1. The van der Waals surface area contributed by atoms with Gasteiger partial charge in [0.05, 0.1) is 6.21 Å². The van der Waals surface area contributed by atoms with Crippen LogP contribution in [0.1, 0.15) is 18.1 Å². The lowest BCUT2D eigenvalue weighted by Gasteiger charge is -1.97. The second-order valence-electron chi connectivity index (χ2n) is 3.53. The topological polar surface area (TPSA) is 50.4 Å². The van der Waals surface area contributed by atoms with Crippen LogP contribution >= 0.6 is 12.2 Å². The lowest BCUT2D eigenvalue weighted by Crippen LogP contribution is -2.23. The van der Waals surface area contributed by atoms with Crippen LogP contribution in [0.25, 0.3) is 6.08 Å². The molecule has 0 atom stereocenters. The number of rotatable bonds is 3. The van der Waals surface area contributed by atoms with Crippen molar-refractivity contribution >= 4 is 29.6 Å². The first-order valence-corrected chi connectivity index (χ1v) is 5.32. The molecule has 0 amide bonds. The van der Waals surface area contributed by atoms with Gasteiger partial charge in [-0.3, -0.25) is 5.43 Å². The Hall–Kier alpha value is -1.68. The van der Waals surface area contributed by atoms with Gasteiger partial charge in [0.25, 0.3) is 0 Å². The van der Waals surface area contributed by atoms with Crippen molar-refractivity contribution in [2.24, 2.45) is 10.8 Å². The summed E-state index contributed by atoms with van der Waals surface area (Å²) in [6.07, 6.45) is 3.71. The molecule has 0 fully saturated rings. The average Bonchev–Trinajstić information content (AvgIpc) is 2.21. The molecule has 3 nitrogen and oxygen atoms in total. The van der Waals surface area contributed by atoms with Crippen LogP contribution in [0.2, 0.25) is 0 Å². The molecule has 1 aromatic rings. The third-order valence-electron chi connectivity index (χ3n) is 1.91. The predicted octanol–water partition coefficient (Wildman–Crippen LogP) is 2.22. The van der Waals surface area contributed by atoms with Crippen LogP contribution in [0.4, 0.5) is 0 Å². The fourth-order valence-corrected chi connectivity index (χ4v) is 1.21. The number of aryl methyl sites for hydroxylation is 1. The summed E-state index contributed by atoms with van der Waals surface area (Å²) in [5, 5.41) is 4.04. The van der Waals surface area contributed by atoms with Gasteiger partial charge in [0.15, 0.2) is 5.11 Å². The zero-order chi connectivity index (χ0) is 12.0. The Labute approximate surface area is 101 Å². The van der Waals surface area contributed by atoms with Gasteiger partial charge in [-0.2, -0.15) is 5.10 Å². The molecule has 1 aromatic carbocycles. The van der Waals surface area contributed by atoms with E-state index in [2.05, 4.69) is 53.9 Å². The quantitative estimate of drug-likeness (QED) is 0.478. The molecule has 0 radical (unpaired) electrons. The molecule has 0 unspecified atom stereocenters. The molecule has 84 valence electrons. The molecule has 3 N–H and O–H groups in total. The summed E-state index contributed by atoms with van der Waals surface area (Å²) in [4.78, 5) is 0. The highest BCUT2D eigenvalue weighted by atomic mass is 32.1. The molecule has 0 heterocycles. The third kappa shape index (κ3) is 4.70. The van der Waals surface area contributed by atoms with Crippen molar-refractivity contribution < 1.29 is 0 Å². The lowest BCUT2D eigenvalue weighted by atomic mass is 10.1. The first-order chi connectivity index (χ1) is 7.58. The number of thiocarbonyl (C=S) groups is 1. The molecular formula is C12H15N3S. The Morgan fingerprint density at radius 3 is 2.56 bits per heavy atom. The van der Waals surface area contributed by atoms with E-state index in [4.69, 9.17) is 5.73 Å². The van der Waals surface area contributed by atoms with Gasteiger partial charge >= 0.3 is 0 Å². The number of hydrogen-bond donors (Lipinski definition) is 2. The van der Waals surface area contributed by atoms with E-state index in [0.29, 0.717) is 0 Å². The van der Waals surface area contributed by atoms with E-state index in [1.54, 1.807) is 6.21 Å². The standard InChI is InChI=1S/C12H15N3S/c1-9-3-5-11(6-4-9)7-10(2)8-14-15-12(13)16/h3-8H,1-2H3,(H3,13,15,16)/b10-7-,14-8?. The third-order valence-corrected chi connectivity index (χ3v) is 2.01. The number of hydrogen-bond acceptors (Lipinski definition) is 2. The molecule has 0 saturated heterocycles. The Balaban J connectivity index is 2.66. The van der Waals surface area contributed by atoms with E-state index in [1.807, 2.05) is 13.0 Å². The first-order valence-electron chi connectivity index (χ1n) is 4.91. The second kappa shape index (κ2) is 6.02. The fourth-order valence-electron chi connectivity index (χ4n) is 1.16. The zero-order valence-electron chi connectivity index (χ0n) is 9.40. The SMILES string of the molecule is C/C(C=NNC(N)=S)=C/c1ccc(C)cc1. The first kappa shape index (κ1) is 12.4. The van der Waals surface area contributed by atoms with Gasteiger partial charge in [0.2, 0.25) is 0 Å². The van der Waals surface area contributed by atoms with Crippen LogP contribution in [0.15, 0.2) is 34.9 Å². The van der Waals surface area contributed by atoms with Gasteiger partial charge in [-0.15, -0.1) is 0 Å². The maximum Gasteiger partial charge on any atom is 0.184 e. The average molecular weight is 233 g/mol. The van der Waals surface area contributed by atoms with E-state index in [9.17, 15) is 0 Å². The van der Waals surface area contributed by atoms with Crippen molar-refractivity contribution in [3.8, 4) is 0 Å². The summed E-state index contributed by atoms with van der Waals surface area (Å²) in [5.74, 6) is 0. The van der Waals surface area contributed by atoms with E-state index < -0.39 is 0 Å². The Bertz CT molecular complexity index is 418. The van der Waals surface area contributed by atoms with Gasteiger partial charge in [0, 0.05) is 0 Å². The summed E-state index contributed by atoms with van der Waals surface area (Å²) >= 11 is 4.63. The van der Waals surface area contributed by atoms with Crippen molar-refractivity contribution in [3.05, 3.63) is 41.0 Å². The predicted molar refractivity (Wildman–Crippen MR) is 73.2 cm³/mol. The van der Waals surface area contributed by atoms with Gasteiger partial charge in [0.1, 0.15) is 0 Å². The molecule has 0 aliphatic carbocycles. The molecule has 0 aromatic heterocycles. The van der Waals surface area contributed by atoms with Crippen molar-refractivity contribution in [2.45, 2.75) is 13.8 Å². The molecule has 0 saturated carbocycles. The molecular weight excluding hydrogens is 218 g/mol. The summed E-state index contributed by atoms with van der Waals surface area (Å²) in [7, 11) is 0. The van der Waals surface area contributed by atoms with Crippen LogP contribution in [-0.4, -0.2) is 11.3 Å². The molecule has 0 spiro atoms. The summed E-state index contributed by atoms with van der Waals surface area (Å²) in [5.41, 5.74) is 11.2. The lowest BCUT2D eigenvalue weighted by molar-refractivity contribution is 1.04. The van der Waals surface area contributed by atoms with Crippen LogP contribution in [0.5, 0.6) is 0 Å². The maximum atomic E-state index is 5.23. The Morgan fingerprint density at radius 2 is 2.00 bits per heavy atom. The minimum Gasteiger partial charge on any atom is -0.375 e. The molecule has 16 heavy (non-hydrogen) atoms. The number of nitrogens with one attached hydrogen (secondary N) is 1. The van der Waals surface area contributed by atoms with E-state index in [-0.39, 0.29) is 5.11 Å². The van der Waals surface area contributed by atoms with Crippen LogP contribution in [0.3, 0.4) is 0 Å². The van der Waals surface area contributed by atoms with E-state index >= 15 is 0 Å². The number of nitrogens with zero attached hydrogens (tertiary/aromatic N) is 1. The van der Waals surface area contributed by atoms with Gasteiger partial charge < -0.3 is 5.73 Å². The van der Waals surface area contributed by atoms with Gasteiger partial charge in [-0.05, 0) is 37.2 Å². The van der Waals surface area contributed by atoms with Crippen LogP contribution < -0.4 is 11.2 Å². The van der Waals surface area contributed by atoms with Crippen LogP contribution in [0, 0.1) is 6.92 Å². The van der Waals surface area contributed by atoms with E-state index in [0.717, 1.165) is 11.1 Å². The smallest absolute Gasteiger partial charge is 0.184 e. The van der Waals surface area contributed by atoms with Gasteiger partial charge in [-0.1, -0.05) is 35.9 Å². The van der Waals surface area contributed by atoms with E-state index in [1.165, 1.54) is 5.56 Å². The fraction of sp³-hybridized carbons (Fsp3) is 0.167. The van der Waals surface area contributed by atoms with Gasteiger partial charge in [-0.25, -0.2) is 0 Å². The molecule has 4 heteroatoms. The highest BCUT2D eigenvalue weighted by molar-refractivity contribution is 7.80. The highest BCUT2D eigenvalue weighted by Gasteiger charge is 1.89. The summed E-state index contributed by atoms with van der Waals surface area (Å²) in [6, 6.07) is 8.27.